The van der Waals surface area contributed by atoms with Crippen LogP contribution in [0.25, 0.3) is 0 Å². The van der Waals surface area contributed by atoms with Crippen LogP contribution in [0.5, 0.6) is 0 Å². The average molecular weight is 240 g/mol. The van der Waals surface area contributed by atoms with Crippen LogP contribution >= 0.6 is 11.6 Å². The summed E-state index contributed by atoms with van der Waals surface area (Å²) in [6, 6.07) is 4.04. The Labute approximate surface area is 97.7 Å². The molecule has 1 atom stereocenters. The first-order valence-electron chi connectivity index (χ1n) is 4.77. The maximum absolute atomic E-state index is 13.0. The molecule has 0 bridgehead atoms. The fourth-order valence-electron chi connectivity index (χ4n) is 1.53. The first kappa shape index (κ1) is 11.1. The maximum atomic E-state index is 13.0. The molecule has 3 nitrogen and oxygen atoms in total. The van der Waals surface area contributed by atoms with E-state index in [-0.39, 0.29) is 5.02 Å². The van der Waals surface area contributed by atoms with Gasteiger partial charge in [0.15, 0.2) is 0 Å². The molecular weight excluding hydrogens is 229 g/mol. The highest BCUT2D eigenvalue weighted by Gasteiger charge is 2.14. The van der Waals surface area contributed by atoms with Crippen LogP contribution in [0.4, 0.5) is 4.39 Å². The quantitative estimate of drug-likeness (QED) is 0.874. The minimum Gasteiger partial charge on any atom is -0.336 e. The van der Waals surface area contributed by atoms with Crippen LogP contribution in [0.3, 0.4) is 0 Å². The van der Waals surface area contributed by atoms with Crippen LogP contribution in [-0.2, 0) is 7.05 Å². The summed E-state index contributed by atoms with van der Waals surface area (Å²) in [5, 5.41) is 0.0714. The lowest BCUT2D eigenvalue weighted by Gasteiger charge is -2.12. The standard InChI is InChI=1S/C11H11ClFN3/c1-16-5-4-15-11(16)10(14)7-2-3-9(13)8(12)6-7/h2-6,10H,14H2,1H3. The van der Waals surface area contributed by atoms with E-state index < -0.39 is 11.9 Å². The molecule has 16 heavy (non-hydrogen) atoms. The van der Waals surface area contributed by atoms with Crippen LogP contribution in [0.2, 0.25) is 5.02 Å². The minimum absolute atomic E-state index is 0.0714. The second-order valence-corrected chi connectivity index (χ2v) is 3.95. The van der Waals surface area contributed by atoms with E-state index in [4.69, 9.17) is 17.3 Å². The highest BCUT2D eigenvalue weighted by Crippen LogP contribution is 2.22. The van der Waals surface area contributed by atoms with Crippen molar-refractivity contribution in [3.63, 3.8) is 0 Å². The number of hydrogen-bond donors (Lipinski definition) is 1. The molecule has 0 saturated carbocycles. The molecule has 1 unspecified atom stereocenters. The number of rotatable bonds is 2. The Morgan fingerprint density at radius 1 is 1.50 bits per heavy atom. The lowest BCUT2D eigenvalue weighted by molar-refractivity contribution is 0.625. The number of benzene rings is 1. The molecule has 0 aliphatic rings. The van der Waals surface area contributed by atoms with E-state index in [1.807, 2.05) is 11.6 Å². The van der Waals surface area contributed by atoms with Crippen molar-refractivity contribution in [1.82, 2.24) is 9.55 Å². The number of nitrogens with two attached hydrogens (primary N) is 1. The van der Waals surface area contributed by atoms with E-state index >= 15 is 0 Å². The Morgan fingerprint density at radius 3 is 2.81 bits per heavy atom. The van der Waals surface area contributed by atoms with Crippen molar-refractivity contribution >= 4 is 11.6 Å². The highest BCUT2D eigenvalue weighted by molar-refractivity contribution is 6.30. The van der Waals surface area contributed by atoms with Gasteiger partial charge in [-0.1, -0.05) is 17.7 Å². The summed E-state index contributed by atoms with van der Waals surface area (Å²) in [4.78, 5) is 4.15. The topological polar surface area (TPSA) is 43.8 Å². The van der Waals surface area contributed by atoms with E-state index in [1.165, 1.54) is 12.1 Å². The number of aryl methyl sites for hydroxylation is 1. The summed E-state index contributed by atoms with van der Waals surface area (Å²) in [6.45, 7) is 0. The number of halogens is 2. The minimum atomic E-state index is -0.447. The van der Waals surface area contributed by atoms with Crippen LogP contribution in [-0.4, -0.2) is 9.55 Å². The zero-order chi connectivity index (χ0) is 11.7. The van der Waals surface area contributed by atoms with Gasteiger partial charge in [0, 0.05) is 19.4 Å². The van der Waals surface area contributed by atoms with Crippen molar-refractivity contribution in [1.29, 1.82) is 0 Å². The molecule has 0 aliphatic carbocycles. The molecule has 0 radical (unpaired) electrons. The molecular formula is C11H11ClFN3. The summed E-state index contributed by atoms with van der Waals surface area (Å²) < 4.78 is 14.8. The van der Waals surface area contributed by atoms with Crippen LogP contribution in [0.15, 0.2) is 30.6 Å². The largest absolute Gasteiger partial charge is 0.336 e. The predicted molar refractivity (Wildman–Crippen MR) is 60.6 cm³/mol. The molecule has 0 spiro atoms. The molecule has 2 rings (SSSR count). The Bertz CT molecular complexity index is 510. The van der Waals surface area contributed by atoms with Crippen molar-refractivity contribution in [3.8, 4) is 0 Å². The molecule has 1 heterocycles. The van der Waals surface area contributed by atoms with Gasteiger partial charge in [-0.15, -0.1) is 0 Å². The number of imidazole rings is 1. The fourth-order valence-corrected chi connectivity index (χ4v) is 1.72. The molecule has 0 saturated heterocycles. The Hall–Kier alpha value is -1.39. The summed E-state index contributed by atoms with van der Waals surface area (Å²) >= 11 is 5.70. The van der Waals surface area contributed by atoms with E-state index in [2.05, 4.69) is 4.98 Å². The van der Waals surface area contributed by atoms with Crippen LogP contribution in [0.1, 0.15) is 17.4 Å². The Balaban J connectivity index is 2.38. The van der Waals surface area contributed by atoms with Gasteiger partial charge in [0.2, 0.25) is 0 Å². The van der Waals surface area contributed by atoms with Crippen molar-refractivity contribution in [2.24, 2.45) is 12.8 Å². The van der Waals surface area contributed by atoms with Gasteiger partial charge in [-0.2, -0.15) is 0 Å². The first-order chi connectivity index (χ1) is 7.59. The lowest BCUT2D eigenvalue weighted by atomic mass is 10.1. The molecule has 0 amide bonds. The first-order valence-corrected chi connectivity index (χ1v) is 5.15. The second-order valence-electron chi connectivity index (χ2n) is 3.55. The Kier molecular flexibility index (Phi) is 2.94. The van der Waals surface area contributed by atoms with Gasteiger partial charge >= 0.3 is 0 Å². The van der Waals surface area contributed by atoms with Gasteiger partial charge in [0.1, 0.15) is 11.6 Å². The highest BCUT2D eigenvalue weighted by atomic mass is 35.5. The van der Waals surface area contributed by atoms with E-state index in [9.17, 15) is 4.39 Å². The predicted octanol–water partition coefficient (Wildman–Crippen LogP) is 2.26. The van der Waals surface area contributed by atoms with Crippen LogP contribution in [0, 0.1) is 5.82 Å². The van der Waals surface area contributed by atoms with Crippen molar-refractivity contribution in [2.45, 2.75) is 6.04 Å². The summed E-state index contributed by atoms with van der Waals surface area (Å²) in [7, 11) is 1.85. The van der Waals surface area contributed by atoms with Gasteiger partial charge < -0.3 is 10.3 Å². The average Bonchev–Trinajstić information content (AvgIpc) is 2.67. The van der Waals surface area contributed by atoms with Gasteiger partial charge in [-0.05, 0) is 17.7 Å². The second kappa shape index (κ2) is 4.23. The number of hydrogen-bond acceptors (Lipinski definition) is 2. The van der Waals surface area contributed by atoms with Gasteiger partial charge in [-0.25, -0.2) is 9.37 Å². The third-order valence-electron chi connectivity index (χ3n) is 2.44. The molecule has 84 valence electrons. The zero-order valence-corrected chi connectivity index (χ0v) is 9.45. The molecule has 0 aliphatic heterocycles. The molecule has 2 aromatic rings. The van der Waals surface area contributed by atoms with Crippen molar-refractivity contribution < 1.29 is 4.39 Å². The molecule has 2 N–H and O–H groups in total. The summed E-state index contributed by atoms with van der Waals surface area (Å²) in [6.07, 6.45) is 3.47. The van der Waals surface area contributed by atoms with Gasteiger partial charge in [0.05, 0.1) is 11.1 Å². The lowest BCUT2D eigenvalue weighted by Crippen LogP contribution is -2.16. The van der Waals surface area contributed by atoms with Gasteiger partial charge in [0.25, 0.3) is 0 Å². The zero-order valence-electron chi connectivity index (χ0n) is 8.69. The molecule has 1 aromatic carbocycles. The monoisotopic (exact) mass is 239 g/mol. The van der Waals surface area contributed by atoms with Gasteiger partial charge in [-0.3, -0.25) is 0 Å². The SMILES string of the molecule is Cn1ccnc1C(N)c1ccc(F)c(Cl)c1. The normalized spacial score (nSPS) is 12.8. The number of nitrogens with zero attached hydrogens (tertiary/aromatic N) is 2. The summed E-state index contributed by atoms with van der Waals surface area (Å²) in [5.41, 5.74) is 6.75. The van der Waals surface area contributed by atoms with Crippen molar-refractivity contribution in [3.05, 3.63) is 52.8 Å². The third kappa shape index (κ3) is 1.94. The third-order valence-corrected chi connectivity index (χ3v) is 2.73. The number of aromatic nitrogens is 2. The molecule has 5 heteroatoms. The molecule has 1 aromatic heterocycles. The van der Waals surface area contributed by atoms with E-state index in [1.54, 1.807) is 18.5 Å². The smallest absolute Gasteiger partial charge is 0.141 e. The maximum Gasteiger partial charge on any atom is 0.141 e. The van der Waals surface area contributed by atoms with E-state index in [0.717, 1.165) is 5.56 Å². The Morgan fingerprint density at radius 2 is 2.25 bits per heavy atom. The summed E-state index contributed by atoms with van der Waals surface area (Å²) in [5.74, 6) is 0.264. The molecule has 0 fully saturated rings. The van der Waals surface area contributed by atoms with E-state index in [0.29, 0.717) is 5.82 Å². The fraction of sp³-hybridized carbons (Fsp3) is 0.182. The van der Waals surface area contributed by atoms with Crippen molar-refractivity contribution in [2.75, 3.05) is 0 Å². The van der Waals surface area contributed by atoms with Crippen LogP contribution < -0.4 is 5.73 Å².